The maximum atomic E-state index is 13.2. The van der Waals surface area contributed by atoms with Crippen molar-refractivity contribution >= 4 is 11.9 Å². The van der Waals surface area contributed by atoms with Gasteiger partial charge in [0.25, 0.3) is 5.56 Å². The molecule has 1 aromatic carbocycles. The summed E-state index contributed by atoms with van der Waals surface area (Å²) in [7, 11) is 3.18. The van der Waals surface area contributed by atoms with Crippen LogP contribution in [0.1, 0.15) is 37.4 Å². The molecule has 2 bridgehead atoms. The highest BCUT2D eigenvalue weighted by atomic mass is 16.5. The van der Waals surface area contributed by atoms with Gasteiger partial charge in [-0.3, -0.25) is 9.59 Å². The predicted octanol–water partition coefficient (Wildman–Crippen LogP) is 2.38. The lowest BCUT2D eigenvalue weighted by Crippen LogP contribution is -2.57. The first-order valence-electron chi connectivity index (χ1n) is 12.5. The van der Waals surface area contributed by atoms with E-state index in [4.69, 9.17) is 9.47 Å². The maximum Gasteiger partial charge on any atom is 0.318 e. The third kappa shape index (κ3) is 5.50. The zero-order valence-corrected chi connectivity index (χ0v) is 21.5. The summed E-state index contributed by atoms with van der Waals surface area (Å²) in [6, 6.07) is 10.2. The van der Waals surface area contributed by atoms with Crippen LogP contribution in [0.2, 0.25) is 0 Å². The molecule has 194 valence electrons. The Hall–Kier alpha value is -3.49. The molecule has 0 aliphatic carbocycles. The molecule has 2 aliphatic heterocycles. The Balaban J connectivity index is 1.34. The van der Waals surface area contributed by atoms with Crippen LogP contribution in [0.5, 0.6) is 11.5 Å². The molecule has 0 spiro atoms. The molecule has 0 radical (unpaired) electrons. The minimum Gasteiger partial charge on any atom is -0.493 e. The minimum absolute atomic E-state index is 0.0183. The van der Waals surface area contributed by atoms with Gasteiger partial charge in [0, 0.05) is 43.9 Å². The molecule has 3 heterocycles. The number of aromatic nitrogens is 1. The van der Waals surface area contributed by atoms with E-state index in [9.17, 15) is 14.4 Å². The van der Waals surface area contributed by atoms with Gasteiger partial charge in [-0.15, -0.1) is 0 Å². The molecule has 2 N–H and O–H groups in total. The van der Waals surface area contributed by atoms with E-state index >= 15 is 0 Å². The SMILES string of the molecule is COc1ccc(CCNC(=O)[C@@H](NC(=O)N2C[C@@H]3C[C@H](C2)c2cccc(=O)n2C3)C(C)C)cc1OC. The summed E-state index contributed by atoms with van der Waals surface area (Å²) in [5, 5.41) is 5.93. The number of pyridine rings is 1. The fraction of sp³-hybridized carbons (Fsp3) is 0.519. The number of piperidine rings is 1. The number of carbonyl (C=O) groups excluding carboxylic acids is 2. The molecule has 9 heteroatoms. The fourth-order valence-corrected chi connectivity index (χ4v) is 5.30. The van der Waals surface area contributed by atoms with Gasteiger partial charge in [0.2, 0.25) is 5.91 Å². The van der Waals surface area contributed by atoms with E-state index < -0.39 is 6.04 Å². The monoisotopic (exact) mass is 496 g/mol. The van der Waals surface area contributed by atoms with E-state index in [1.165, 1.54) is 0 Å². The van der Waals surface area contributed by atoms with Crippen molar-refractivity contribution in [2.45, 2.75) is 45.2 Å². The highest BCUT2D eigenvalue weighted by molar-refractivity contribution is 5.87. The van der Waals surface area contributed by atoms with Crippen LogP contribution in [0.15, 0.2) is 41.2 Å². The van der Waals surface area contributed by atoms with Crippen LogP contribution in [0.3, 0.4) is 0 Å². The van der Waals surface area contributed by atoms with Gasteiger partial charge >= 0.3 is 6.03 Å². The Morgan fingerprint density at radius 1 is 1.06 bits per heavy atom. The summed E-state index contributed by atoms with van der Waals surface area (Å²) in [5.41, 5.74) is 2.02. The first-order chi connectivity index (χ1) is 17.3. The van der Waals surface area contributed by atoms with E-state index in [1.807, 2.05) is 42.7 Å². The van der Waals surface area contributed by atoms with Gasteiger partial charge in [0.15, 0.2) is 11.5 Å². The predicted molar refractivity (Wildman–Crippen MR) is 137 cm³/mol. The largest absolute Gasteiger partial charge is 0.493 e. The Kier molecular flexibility index (Phi) is 7.86. The summed E-state index contributed by atoms with van der Waals surface area (Å²) >= 11 is 0. The number of nitrogens with zero attached hydrogens (tertiary/aromatic N) is 2. The molecule has 0 unspecified atom stereocenters. The average molecular weight is 497 g/mol. The molecule has 1 saturated heterocycles. The number of carbonyl (C=O) groups is 2. The molecule has 2 aromatic rings. The van der Waals surface area contributed by atoms with Crippen molar-refractivity contribution in [1.29, 1.82) is 0 Å². The van der Waals surface area contributed by atoms with E-state index in [0.717, 1.165) is 17.7 Å². The highest BCUT2D eigenvalue weighted by Crippen LogP contribution is 2.35. The minimum atomic E-state index is -0.639. The van der Waals surface area contributed by atoms with Crippen LogP contribution in [-0.4, -0.2) is 61.3 Å². The quantitative estimate of drug-likeness (QED) is 0.584. The second kappa shape index (κ2) is 11.1. The number of hydrogen-bond acceptors (Lipinski definition) is 5. The number of nitrogens with one attached hydrogen (secondary N) is 2. The topological polar surface area (TPSA) is 102 Å². The number of benzene rings is 1. The third-order valence-corrected chi connectivity index (χ3v) is 7.16. The van der Waals surface area contributed by atoms with Gasteiger partial charge in [-0.05, 0) is 48.4 Å². The molecule has 3 amide bonds. The van der Waals surface area contributed by atoms with Gasteiger partial charge < -0.3 is 29.6 Å². The van der Waals surface area contributed by atoms with Gasteiger partial charge in [-0.2, -0.15) is 0 Å². The molecular formula is C27H36N4O5. The number of likely N-dealkylation sites (tertiary alicyclic amines) is 1. The molecule has 0 saturated carbocycles. The van der Waals surface area contributed by atoms with Crippen LogP contribution in [0.25, 0.3) is 0 Å². The van der Waals surface area contributed by atoms with Crippen LogP contribution < -0.4 is 25.7 Å². The highest BCUT2D eigenvalue weighted by Gasteiger charge is 2.37. The summed E-state index contributed by atoms with van der Waals surface area (Å²) in [6.45, 7) is 6.03. The zero-order chi connectivity index (χ0) is 25.8. The normalized spacial score (nSPS) is 19.3. The van der Waals surface area contributed by atoms with Crippen molar-refractivity contribution in [3.05, 3.63) is 58.0 Å². The number of ether oxygens (including phenoxy) is 2. The fourth-order valence-electron chi connectivity index (χ4n) is 5.30. The van der Waals surface area contributed by atoms with Crippen molar-refractivity contribution in [1.82, 2.24) is 20.1 Å². The van der Waals surface area contributed by atoms with Crippen LogP contribution in [0, 0.1) is 11.8 Å². The second-order valence-corrected chi connectivity index (χ2v) is 10.0. The first kappa shape index (κ1) is 25.6. The Morgan fingerprint density at radius 2 is 1.83 bits per heavy atom. The van der Waals surface area contributed by atoms with Crippen LogP contribution >= 0.6 is 0 Å². The number of methoxy groups -OCH3 is 2. The summed E-state index contributed by atoms with van der Waals surface area (Å²) in [6.07, 6.45) is 1.59. The van der Waals surface area contributed by atoms with Crippen LogP contribution in [-0.2, 0) is 17.8 Å². The second-order valence-electron chi connectivity index (χ2n) is 10.0. The Bertz CT molecular complexity index is 1160. The van der Waals surface area contributed by atoms with Gasteiger partial charge in [-0.25, -0.2) is 4.79 Å². The van der Waals surface area contributed by atoms with Crippen molar-refractivity contribution in [3.8, 4) is 11.5 Å². The maximum absolute atomic E-state index is 13.2. The summed E-state index contributed by atoms with van der Waals surface area (Å²) < 4.78 is 12.5. The average Bonchev–Trinajstić information content (AvgIpc) is 2.87. The van der Waals surface area contributed by atoms with Crippen LogP contribution in [0.4, 0.5) is 4.79 Å². The number of fused-ring (bicyclic) bond motifs is 4. The standard InChI is InChI=1S/C27H36N4O5/c1-17(2)25(26(33)28-11-10-18-8-9-22(35-3)23(13-18)36-4)29-27(34)30-14-19-12-20(16-30)21-6-5-7-24(32)31(21)15-19/h5-9,13,17,19-20,25H,10-12,14-16H2,1-4H3,(H,28,33)(H,29,34)/t19-,20+,25-/m0/s1. The lowest BCUT2D eigenvalue weighted by atomic mass is 9.83. The van der Waals surface area contributed by atoms with Gasteiger partial charge in [0.05, 0.1) is 14.2 Å². The molecule has 1 aromatic heterocycles. The lowest BCUT2D eigenvalue weighted by Gasteiger charge is -2.43. The number of amides is 3. The summed E-state index contributed by atoms with van der Waals surface area (Å²) in [4.78, 5) is 40.2. The van der Waals surface area contributed by atoms with E-state index in [1.54, 1.807) is 31.3 Å². The van der Waals surface area contributed by atoms with Gasteiger partial charge in [-0.1, -0.05) is 26.0 Å². The van der Waals surface area contributed by atoms with Gasteiger partial charge in [0.1, 0.15) is 6.04 Å². The molecule has 9 nitrogen and oxygen atoms in total. The molecule has 4 rings (SSSR count). The third-order valence-electron chi connectivity index (χ3n) is 7.16. The zero-order valence-electron chi connectivity index (χ0n) is 21.5. The van der Waals surface area contributed by atoms with E-state index in [2.05, 4.69) is 10.6 Å². The summed E-state index contributed by atoms with van der Waals surface area (Å²) in [5.74, 6) is 1.39. The lowest BCUT2D eigenvalue weighted by molar-refractivity contribution is -0.123. The molecule has 36 heavy (non-hydrogen) atoms. The molecule has 3 atom stereocenters. The van der Waals surface area contributed by atoms with Crippen molar-refractivity contribution in [2.75, 3.05) is 33.9 Å². The number of rotatable bonds is 8. The molecular weight excluding hydrogens is 460 g/mol. The van der Waals surface area contributed by atoms with Crippen molar-refractivity contribution in [2.24, 2.45) is 11.8 Å². The number of urea groups is 1. The van der Waals surface area contributed by atoms with E-state index in [-0.39, 0.29) is 35.3 Å². The van der Waals surface area contributed by atoms with Crippen molar-refractivity contribution < 1.29 is 19.1 Å². The smallest absolute Gasteiger partial charge is 0.318 e. The Morgan fingerprint density at radius 3 is 2.56 bits per heavy atom. The number of hydrogen-bond donors (Lipinski definition) is 2. The van der Waals surface area contributed by atoms with E-state index in [0.29, 0.717) is 44.1 Å². The first-order valence-corrected chi connectivity index (χ1v) is 12.5. The Labute approximate surface area is 211 Å². The molecule has 1 fully saturated rings. The molecule has 2 aliphatic rings. The van der Waals surface area contributed by atoms with Crippen molar-refractivity contribution in [3.63, 3.8) is 0 Å².